The molecule has 5 nitrogen and oxygen atoms in total. The molecule has 0 aliphatic carbocycles. The first-order valence-electron chi connectivity index (χ1n) is 17.3. The second kappa shape index (κ2) is 13.5. The predicted octanol–water partition coefficient (Wildman–Crippen LogP) is 10.3. The first-order valence-corrected chi connectivity index (χ1v) is 17.3. The van der Waals surface area contributed by atoms with Crippen LogP contribution in [0.2, 0.25) is 0 Å². The maximum absolute atomic E-state index is 6.52. The number of imidazole rings is 1. The Morgan fingerprint density at radius 3 is 2.35 bits per heavy atom. The van der Waals surface area contributed by atoms with Crippen molar-refractivity contribution in [2.45, 2.75) is 26.2 Å². The van der Waals surface area contributed by atoms with Gasteiger partial charge in [0.05, 0.1) is 22.4 Å². The summed E-state index contributed by atoms with van der Waals surface area (Å²) in [6.45, 7) is 6.33. The van der Waals surface area contributed by atoms with Gasteiger partial charge in [0.15, 0.2) is 0 Å². The van der Waals surface area contributed by atoms with Crippen molar-refractivity contribution in [3.63, 3.8) is 0 Å². The molecule has 0 N–H and O–H groups in total. The molecule has 8 aromatic rings. The van der Waals surface area contributed by atoms with Crippen LogP contribution in [0, 0.1) is 12.1 Å². The zero-order valence-electron chi connectivity index (χ0n) is 29.0. The maximum atomic E-state index is 6.52. The van der Waals surface area contributed by atoms with Crippen LogP contribution in [0.1, 0.15) is 26.3 Å². The Morgan fingerprint density at radius 1 is 0.750 bits per heavy atom. The molecule has 3 heterocycles. The molecule has 0 amide bonds. The molecule has 0 bridgehead atoms. The molecule has 52 heavy (non-hydrogen) atoms. The van der Waals surface area contributed by atoms with Gasteiger partial charge in [-0.15, -0.1) is 29.6 Å². The monoisotopic (exact) mass is 852 g/mol. The minimum atomic E-state index is -0.369. The molecule has 0 unspecified atom stereocenters. The van der Waals surface area contributed by atoms with Crippen LogP contribution in [0.3, 0.4) is 0 Å². The number of fused-ring (bicyclic) bond motifs is 4. The number of allylic oxidation sites excluding steroid dienone is 2. The van der Waals surface area contributed by atoms with Crippen molar-refractivity contribution in [3.05, 3.63) is 180 Å². The second-order valence-electron chi connectivity index (χ2n) is 13.9. The predicted molar refractivity (Wildman–Crippen MR) is 210 cm³/mol. The average Bonchev–Trinajstić information content (AvgIpc) is 3.71. The van der Waals surface area contributed by atoms with E-state index < -0.39 is 0 Å². The van der Waals surface area contributed by atoms with Gasteiger partial charge in [0.2, 0.25) is 0 Å². The van der Waals surface area contributed by atoms with E-state index in [0.29, 0.717) is 11.6 Å². The summed E-state index contributed by atoms with van der Waals surface area (Å²) in [6, 6.07) is 53.2. The quantitative estimate of drug-likeness (QED) is 0.124. The molecular weight excluding hydrogens is 818 g/mol. The van der Waals surface area contributed by atoms with E-state index in [0.717, 1.165) is 61.1 Å². The van der Waals surface area contributed by atoms with Gasteiger partial charge in [0, 0.05) is 43.8 Å². The van der Waals surface area contributed by atoms with Crippen molar-refractivity contribution >= 4 is 45.4 Å². The molecule has 2 aromatic heterocycles. The van der Waals surface area contributed by atoms with Crippen molar-refractivity contribution in [1.29, 1.82) is 0 Å². The molecule has 0 fully saturated rings. The topological polar surface area (TPSA) is 46.1 Å². The first kappa shape index (κ1) is 33.6. The van der Waals surface area contributed by atoms with E-state index in [1.165, 1.54) is 5.56 Å². The number of hydrogen-bond acceptors (Lipinski definition) is 2. The number of aromatic nitrogens is 3. The van der Waals surface area contributed by atoms with Crippen LogP contribution in [0.4, 0.5) is 0 Å². The third kappa shape index (κ3) is 5.97. The number of rotatable bonds is 6. The van der Waals surface area contributed by atoms with Gasteiger partial charge in [-0.3, -0.25) is 0 Å². The molecule has 9 rings (SSSR count). The first-order chi connectivity index (χ1) is 24.9. The molecule has 0 saturated carbocycles. The number of hydrogen-bond donors (Lipinski definition) is 0. The largest absolute Gasteiger partial charge is 0.666 e. The van der Waals surface area contributed by atoms with Crippen LogP contribution in [0.5, 0.6) is 5.75 Å². The molecule has 1 aliphatic rings. The van der Waals surface area contributed by atoms with Gasteiger partial charge in [0.25, 0.3) is 0 Å². The fourth-order valence-electron chi connectivity index (χ4n) is 7.04. The fourth-order valence-corrected chi connectivity index (χ4v) is 7.04. The number of para-hydroxylation sites is 4. The van der Waals surface area contributed by atoms with Crippen LogP contribution in [-0.4, -0.2) is 21.0 Å². The van der Waals surface area contributed by atoms with Crippen molar-refractivity contribution in [3.8, 4) is 28.3 Å². The Balaban J connectivity index is 0.00000387. The van der Waals surface area contributed by atoms with Gasteiger partial charge >= 0.3 is 0 Å². The van der Waals surface area contributed by atoms with Gasteiger partial charge in [-0.05, 0) is 46.7 Å². The van der Waals surface area contributed by atoms with Crippen molar-refractivity contribution in [1.82, 2.24) is 14.1 Å². The molecule has 0 spiro atoms. The van der Waals surface area contributed by atoms with E-state index in [4.69, 9.17) is 14.9 Å². The molecule has 0 saturated heterocycles. The second-order valence-corrected chi connectivity index (χ2v) is 13.9. The van der Waals surface area contributed by atoms with Crippen LogP contribution < -0.4 is 10.5 Å². The third-order valence-corrected chi connectivity index (χ3v) is 9.54. The van der Waals surface area contributed by atoms with E-state index in [1.807, 2.05) is 36.4 Å². The Hall–Kier alpha value is -5.58. The summed E-state index contributed by atoms with van der Waals surface area (Å²) >= 11 is 0. The van der Waals surface area contributed by atoms with Crippen molar-refractivity contribution in [2.24, 2.45) is 0 Å². The Labute approximate surface area is 318 Å². The molecule has 0 radical (unpaired) electrons. The Bertz CT molecular complexity index is 2650. The minimum absolute atomic E-state index is 0. The molecule has 1 aliphatic heterocycles. The summed E-state index contributed by atoms with van der Waals surface area (Å²) in [5.41, 5.74) is 10.3. The van der Waals surface area contributed by atoms with E-state index in [1.54, 1.807) is 0 Å². The van der Waals surface area contributed by atoms with E-state index in [2.05, 4.69) is 157 Å². The zero-order valence-corrected chi connectivity index (χ0v) is 31.3. The van der Waals surface area contributed by atoms with Gasteiger partial charge in [-0.1, -0.05) is 117 Å². The Kier molecular flexibility index (Phi) is 8.73. The Morgan fingerprint density at radius 2 is 1.50 bits per heavy atom. The summed E-state index contributed by atoms with van der Waals surface area (Å²) in [7, 11) is 0. The molecule has 0 atom stereocenters. The maximum Gasteiger partial charge on any atom is 0.146 e. The summed E-state index contributed by atoms with van der Waals surface area (Å²) < 4.78 is 11.0. The summed E-state index contributed by atoms with van der Waals surface area (Å²) in [4.78, 5) is 5.14. The fraction of sp³-hybridized carbons (Fsp3) is 0.0889. The van der Waals surface area contributed by atoms with Gasteiger partial charge in [-0.25, -0.2) is 4.98 Å². The summed E-state index contributed by atoms with van der Waals surface area (Å²) in [5.74, 6) is 3.15. The zero-order chi connectivity index (χ0) is 34.5. The van der Waals surface area contributed by atoms with Gasteiger partial charge < -0.3 is 19.1 Å². The van der Waals surface area contributed by atoms with Crippen LogP contribution >= 0.6 is 0 Å². The third-order valence-electron chi connectivity index (χ3n) is 9.54. The molecule has 256 valence electrons. The van der Waals surface area contributed by atoms with E-state index in [9.17, 15) is 0 Å². The standard InChI is InChI=1S/C45H34BN4O.Pt/c1-45(2,3)32-17-13-18-33(29-32)49-40-23-11-8-20-36(40)37-27-26-34(30-42(37)49)51-43-25-14-28-46(48-43)44-47-38-21-9-12-24-41(38)50(44)39-22-10-7-19-35(39)31-15-5-4-6-16-31;/h4-17,19-29H,1-3H3;/q-3;. The summed E-state index contributed by atoms with van der Waals surface area (Å²) in [5, 5.41) is 7.37. The van der Waals surface area contributed by atoms with Crippen LogP contribution in [0.25, 0.3) is 60.6 Å². The minimum Gasteiger partial charge on any atom is -0.666 e. The van der Waals surface area contributed by atoms with Crippen molar-refractivity contribution in [2.75, 3.05) is 0 Å². The molecule has 6 aromatic carbocycles. The van der Waals surface area contributed by atoms with Gasteiger partial charge in [0.1, 0.15) is 6.85 Å². The normalized spacial score (nSPS) is 12.9. The van der Waals surface area contributed by atoms with Gasteiger partial charge in [-0.2, -0.15) is 29.8 Å². The summed E-state index contributed by atoms with van der Waals surface area (Å²) in [6.07, 6.45) is 3.90. The van der Waals surface area contributed by atoms with Crippen LogP contribution in [-0.2, 0) is 26.5 Å². The smallest absolute Gasteiger partial charge is 0.146 e. The molecular formula is C45H34BN4OPt-3. The average molecular weight is 853 g/mol. The van der Waals surface area contributed by atoms with E-state index >= 15 is 0 Å². The number of benzene rings is 6. The van der Waals surface area contributed by atoms with Crippen molar-refractivity contribution < 1.29 is 25.8 Å². The van der Waals surface area contributed by atoms with E-state index in [-0.39, 0.29) is 33.3 Å². The number of ether oxygens (including phenoxy) is 1. The SMILES string of the molecule is CC(C)(C)c1cc[c-]c(-n2c3[c-]c(OC4=CC=CB(c5nc6ccccc6n5-c5ccccc5-c5ccccc5)[N-]4)ccc3c3ccccc32)c1.[Pt]. The number of nitrogens with zero attached hydrogens (tertiary/aromatic N) is 4. The van der Waals surface area contributed by atoms with Crippen LogP contribution in [0.15, 0.2) is 157 Å². The molecule has 7 heteroatoms.